The predicted octanol–water partition coefficient (Wildman–Crippen LogP) is 3.35. The number of Topliss-reactive ketones (excluding diaryl/α,β-unsaturated/α-hetero) is 1. The number of aliphatic imine (C=N–C) groups is 1. The van der Waals surface area contributed by atoms with Crippen molar-refractivity contribution in [3.8, 4) is 5.75 Å². The van der Waals surface area contributed by atoms with Gasteiger partial charge in [0.05, 0.1) is 5.69 Å². The highest BCUT2D eigenvalue weighted by Crippen LogP contribution is 2.16. The van der Waals surface area contributed by atoms with Crippen LogP contribution >= 0.6 is 0 Å². The number of para-hydroxylation sites is 1. The number of hydrogen-bond acceptors (Lipinski definition) is 3. The van der Waals surface area contributed by atoms with E-state index in [1.54, 1.807) is 48.7 Å². The lowest BCUT2D eigenvalue weighted by molar-refractivity contribution is 0.101. The Hall–Kier alpha value is -2.42. The third kappa shape index (κ3) is 2.83. The van der Waals surface area contributed by atoms with E-state index in [4.69, 9.17) is 0 Å². The maximum atomic E-state index is 11.1. The number of phenolic OH excluding ortho intramolecular Hbond substituents is 1. The van der Waals surface area contributed by atoms with Crippen LogP contribution in [0.2, 0.25) is 0 Å². The number of phenols is 1. The van der Waals surface area contributed by atoms with Crippen LogP contribution in [0, 0.1) is 0 Å². The fourth-order valence-electron chi connectivity index (χ4n) is 1.52. The zero-order valence-corrected chi connectivity index (χ0v) is 10.00. The Kier molecular flexibility index (Phi) is 3.53. The normalized spacial score (nSPS) is 10.7. The maximum absolute atomic E-state index is 11.1. The van der Waals surface area contributed by atoms with Crippen LogP contribution in [0.5, 0.6) is 5.75 Å². The fraction of sp³-hybridized carbons (Fsp3) is 0.0667. The van der Waals surface area contributed by atoms with Gasteiger partial charge < -0.3 is 5.11 Å². The Labute approximate surface area is 105 Å². The van der Waals surface area contributed by atoms with Crippen LogP contribution < -0.4 is 0 Å². The molecule has 0 spiro atoms. The molecule has 0 aromatic heterocycles. The molecule has 2 rings (SSSR count). The van der Waals surface area contributed by atoms with Crippen molar-refractivity contribution in [2.24, 2.45) is 4.99 Å². The molecule has 0 atom stereocenters. The van der Waals surface area contributed by atoms with E-state index >= 15 is 0 Å². The van der Waals surface area contributed by atoms with E-state index in [9.17, 15) is 9.90 Å². The molecule has 0 aliphatic rings. The lowest BCUT2D eigenvalue weighted by Gasteiger charge is -1.98. The number of rotatable bonds is 3. The molecule has 3 heteroatoms. The Balaban J connectivity index is 2.19. The first-order chi connectivity index (χ1) is 8.66. The standard InChI is InChI=1S/C15H13NO2/c1-11(17)12-6-8-14(9-7-12)16-10-13-4-2-3-5-15(13)18/h2-10,18H,1H3. The van der Waals surface area contributed by atoms with Crippen LogP contribution in [-0.4, -0.2) is 17.1 Å². The van der Waals surface area contributed by atoms with Crippen LogP contribution in [0.1, 0.15) is 22.8 Å². The number of ketones is 1. The van der Waals surface area contributed by atoms with Gasteiger partial charge in [-0.3, -0.25) is 9.79 Å². The van der Waals surface area contributed by atoms with Crippen molar-refractivity contribution in [2.75, 3.05) is 0 Å². The van der Waals surface area contributed by atoms with E-state index in [1.165, 1.54) is 6.92 Å². The lowest BCUT2D eigenvalue weighted by atomic mass is 10.1. The quantitative estimate of drug-likeness (QED) is 0.659. The SMILES string of the molecule is CC(=O)c1ccc(N=Cc2ccccc2O)cc1. The zero-order valence-electron chi connectivity index (χ0n) is 10.00. The number of hydrogen-bond donors (Lipinski definition) is 1. The van der Waals surface area contributed by atoms with Gasteiger partial charge in [-0.05, 0) is 43.3 Å². The molecule has 18 heavy (non-hydrogen) atoms. The number of carbonyl (C=O) groups excluding carboxylic acids is 1. The second-order valence-corrected chi connectivity index (χ2v) is 3.92. The molecule has 2 aromatic carbocycles. The Morgan fingerprint density at radius 3 is 2.39 bits per heavy atom. The van der Waals surface area contributed by atoms with E-state index in [-0.39, 0.29) is 11.5 Å². The Morgan fingerprint density at radius 1 is 1.11 bits per heavy atom. The van der Waals surface area contributed by atoms with Gasteiger partial charge in [0.15, 0.2) is 5.78 Å². The van der Waals surface area contributed by atoms with Crippen molar-refractivity contribution < 1.29 is 9.90 Å². The van der Waals surface area contributed by atoms with Crippen molar-refractivity contribution >= 4 is 17.7 Å². The fourth-order valence-corrected chi connectivity index (χ4v) is 1.52. The van der Waals surface area contributed by atoms with Gasteiger partial charge in [-0.25, -0.2) is 0 Å². The van der Waals surface area contributed by atoms with Crippen molar-refractivity contribution in [3.05, 3.63) is 59.7 Å². The first kappa shape index (κ1) is 12.0. The summed E-state index contributed by atoms with van der Waals surface area (Å²) in [6.07, 6.45) is 1.60. The first-order valence-electron chi connectivity index (χ1n) is 5.60. The summed E-state index contributed by atoms with van der Waals surface area (Å²) in [7, 11) is 0. The smallest absolute Gasteiger partial charge is 0.159 e. The zero-order chi connectivity index (χ0) is 13.0. The molecule has 1 N–H and O–H groups in total. The topological polar surface area (TPSA) is 49.7 Å². The molecule has 0 saturated carbocycles. The Morgan fingerprint density at radius 2 is 1.78 bits per heavy atom. The summed E-state index contributed by atoms with van der Waals surface area (Å²) in [5.41, 5.74) is 2.06. The summed E-state index contributed by atoms with van der Waals surface area (Å²) in [6.45, 7) is 1.53. The molecule has 0 saturated heterocycles. The highest BCUT2D eigenvalue weighted by atomic mass is 16.3. The molecule has 2 aromatic rings. The minimum Gasteiger partial charge on any atom is -0.507 e. The largest absolute Gasteiger partial charge is 0.507 e. The van der Waals surface area contributed by atoms with Gasteiger partial charge in [-0.1, -0.05) is 12.1 Å². The van der Waals surface area contributed by atoms with E-state index in [0.717, 1.165) is 5.69 Å². The van der Waals surface area contributed by atoms with Crippen molar-refractivity contribution in [1.29, 1.82) is 0 Å². The molecule has 0 aliphatic carbocycles. The van der Waals surface area contributed by atoms with Crippen molar-refractivity contribution in [3.63, 3.8) is 0 Å². The Bertz CT molecular complexity index is 586. The predicted molar refractivity (Wildman–Crippen MR) is 71.8 cm³/mol. The molecule has 0 fully saturated rings. The van der Waals surface area contributed by atoms with Crippen molar-refractivity contribution in [2.45, 2.75) is 6.92 Å². The molecule has 0 amide bonds. The summed E-state index contributed by atoms with van der Waals surface area (Å²) in [4.78, 5) is 15.4. The molecular formula is C15H13NO2. The highest BCUT2D eigenvalue weighted by molar-refractivity contribution is 5.94. The molecule has 0 heterocycles. The van der Waals surface area contributed by atoms with E-state index < -0.39 is 0 Å². The molecule has 0 radical (unpaired) electrons. The number of carbonyl (C=O) groups is 1. The second kappa shape index (κ2) is 5.27. The van der Waals surface area contributed by atoms with Crippen LogP contribution in [-0.2, 0) is 0 Å². The van der Waals surface area contributed by atoms with Crippen molar-refractivity contribution in [1.82, 2.24) is 0 Å². The van der Waals surface area contributed by atoms with Gasteiger partial charge in [-0.15, -0.1) is 0 Å². The van der Waals surface area contributed by atoms with Crippen LogP contribution in [0.25, 0.3) is 0 Å². The van der Waals surface area contributed by atoms with E-state index in [2.05, 4.69) is 4.99 Å². The van der Waals surface area contributed by atoms with Crippen LogP contribution in [0.4, 0.5) is 5.69 Å². The lowest BCUT2D eigenvalue weighted by Crippen LogP contribution is -1.89. The van der Waals surface area contributed by atoms with Gasteiger partial charge in [0.2, 0.25) is 0 Å². The number of aromatic hydroxyl groups is 1. The van der Waals surface area contributed by atoms with Gasteiger partial charge in [0.25, 0.3) is 0 Å². The second-order valence-electron chi connectivity index (χ2n) is 3.92. The molecule has 90 valence electrons. The minimum atomic E-state index is 0.0335. The summed E-state index contributed by atoms with van der Waals surface area (Å²) in [5.74, 6) is 0.229. The molecule has 0 aliphatic heterocycles. The summed E-state index contributed by atoms with van der Waals surface area (Å²) >= 11 is 0. The average molecular weight is 239 g/mol. The first-order valence-corrected chi connectivity index (χ1v) is 5.60. The maximum Gasteiger partial charge on any atom is 0.159 e. The van der Waals surface area contributed by atoms with Gasteiger partial charge in [0.1, 0.15) is 5.75 Å². The highest BCUT2D eigenvalue weighted by Gasteiger charge is 1.98. The third-order valence-corrected chi connectivity index (χ3v) is 2.56. The van der Waals surface area contributed by atoms with Crippen LogP contribution in [0.15, 0.2) is 53.5 Å². The molecular weight excluding hydrogens is 226 g/mol. The van der Waals surface area contributed by atoms with Gasteiger partial charge in [-0.2, -0.15) is 0 Å². The van der Waals surface area contributed by atoms with Gasteiger partial charge >= 0.3 is 0 Å². The van der Waals surface area contributed by atoms with Gasteiger partial charge in [0, 0.05) is 17.3 Å². The third-order valence-electron chi connectivity index (χ3n) is 2.56. The summed E-state index contributed by atoms with van der Waals surface area (Å²) in [6, 6.07) is 14.0. The molecule has 0 unspecified atom stereocenters. The molecule has 3 nitrogen and oxygen atoms in total. The molecule has 0 bridgehead atoms. The van der Waals surface area contributed by atoms with E-state index in [0.29, 0.717) is 11.1 Å². The minimum absolute atomic E-state index is 0.0335. The average Bonchev–Trinajstić information content (AvgIpc) is 2.38. The van der Waals surface area contributed by atoms with Crippen LogP contribution in [0.3, 0.4) is 0 Å². The monoisotopic (exact) mass is 239 g/mol. The number of nitrogens with zero attached hydrogens (tertiary/aromatic N) is 1. The van der Waals surface area contributed by atoms with E-state index in [1.807, 2.05) is 6.07 Å². The summed E-state index contributed by atoms with van der Waals surface area (Å²) < 4.78 is 0. The number of benzene rings is 2. The summed E-state index contributed by atoms with van der Waals surface area (Å²) in [5, 5.41) is 9.57.